The molecule has 0 spiro atoms. The molecule has 11 heteroatoms. The molecule has 0 saturated carbocycles. The molecule has 0 fully saturated rings. The molecule has 0 radical (unpaired) electrons. The number of benzene rings is 1. The van der Waals surface area contributed by atoms with E-state index in [-0.39, 0.29) is 29.9 Å². The molecular formula is C14H15F3N4O3S. The van der Waals surface area contributed by atoms with E-state index < -0.39 is 27.8 Å². The number of rotatable bonds is 6. The van der Waals surface area contributed by atoms with E-state index in [0.717, 1.165) is 6.20 Å². The van der Waals surface area contributed by atoms with E-state index in [9.17, 15) is 21.6 Å². The van der Waals surface area contributed by atoms with Gasteiger partial charge >= 0.3 is 6.18 Å². The summed E-state index contributed by atoms with van der Waals surface area (Å²) < 4.78 is 65.6. The number of sulfonamides is 1. The number of nitrogen functional groups attached to an aromatic ring is 1. The largest absolute Gasteiger partial charge is 0.433 e. The van der Waals surface area contributed by atoms with Gasteiger partial charge in [0.25, 0.3) is 10.0 Å². The van der Waals surface area contributed by atoms with Crippen LogP contribution >= 0.6 is 0 Å². The average molecular weight is 376 g/mol. The van der Waals surface area contributed by atoms with E-state index >= 15 is 0 Å². The lowest BCUT2D eigenvalue weighted by molar-refractivity contribution is -0.141. The molecule has 7 nitrogen and oxygen atoms in total. The Morgan fingerprint density at radius 1 is 1.20 bits per heavy atom. The number of aliphatic hydroxyl groups excluding tert-OH is 1. The van der Waals surface area contributed by atoms with Crippen LogP contribution in [0.3, 0.4) is 0 Å². The second-order valence-electron chi connectivity index (χ2n) is 5.07. The fraction of sp³-hybridized carbons (Fsp3) is 0.286. The van der Waals surface area contributed by atoms with E-state index in [4.69, 9.17) is 10.8 Å². The fourth-order valence-corrected chi connectivity index (χ4v) is 2.93. The Morgan fingerprint density at radius 2 is 1.84 bits per heavy atom. The number of aliphatic hydroxyl groups is 1. The van der Waals surface area contributed by atoms with Gasteiger partial charge in [0, 0.05) is 24.1 Å². The zero-order valence-electron chi connectivity index (χ0n) is 12.8. The molecular weight excluding hydrogens is 361 g/mol. The van der Waals surface area contributed by atoms with Crippen LogP contribution in [-0.4, -0.2) is 30.1 Å². The van der Waals surface area contributed by atoms with Crippen LogP contribution in [0.4, 0.5) is 24.8 Å². The Kier molecular flexibility index (Phi) is 5.48. The van der Waals surface area contributed by atoms with Crippen molar-refractivity contribution in [3.63, 3.8) is 0 Å². The lowest BCUT2D eigenvalue weighted by atomic mass is 10.1. The van der Waals surface area contributed by atoms with Gasteiger partial charge in [0.15, 0.2) is 5.69 Å². The van der Waals surface area contributed by atoms with Crippen molar-refractivity contribution in [2.75, 3.05) is 17.1 Å². The normalized spacial score (nSPS) is 12.2. The summed E-state index contributed by atoms with van der Waals surface area (Å²) in [6, 6.07) is 5.10. The van der Waals surface area contributed by atoms with Crippen LogP contribution in [0.5, 0.6) is 0 Å². The van der Waals surface area contributed by atoms with Crippen LogP contribution in [0.2, 0.25) is 0 Å². The lowest BCUT2D eigenvalue weighted by Gasteiger charge is -2.13. The molecule has 0 amide bonds. The number of aryl methyl sites for hydroxylation is 1. The Morgan fingerprint density at radius 3 is 2.40 bits per heavy atom. The highest BCUT2D eigenvalue weighted by atomic mass is 32.2. The van der Waals surface area contributed by atoms with Crippen molar-refractivity contribution < 1.29 is 26.7 Å². The first-order valence-corrected chi connectivity index (χ1v) is 8.54. The Labute approximate surface area is 141 Å². The van der Waals surface area contributed by atoms with E-state index in [1.165, 1.54) is 24.3 Å². The van der Waals surface area contributed by atoms with Gasteiger partial charge in [-0.3, -0.25) is 0 Å². The van der Waals surface area contributed by atoms with Gasteiger partial charge in [-0.1, -0.05) is 0 Å². The minimum atomic E-state index is -4.78. The molecule has 0 unspecified atom stereocenters. The van der Waals surface area contributed by atoms with Gasteiger partial charge in [-0.05, 0) is 37.1 Å². The van der Waals surface area contributed by atoms with E-state index in [1.54, 1.807) is 0 Å². The predicted octanol–water partition coefficient (Wildman–Crippen LogP) is 1.80. The molecule has 0 aliphatic rings. The Bertz CT molecular complexity index is 839. The Hall–Kier alpha value is -2.40. The predicted molar refractivity (Wildman–Crippen MR) is 84.1 cm³/mol. The molecule has 136 valence electrons. The van der Waals surface area contributed by atoms with E-state index in [1.807, 2.05) is 4.72 Å². The first-order chi connectivity index (χ1) is 11.6. The van der Waals surface area contributed by atoms with Crippen molar-refractivity contribution in [3.05, 3.63) is 41.7 Å². The summed E-state index contributed by atoms with van der Waals surface area (Å²) in [6.07, 6.45) is -3.87. The van der Waals surface area contributed by atoms with Crippen molar-refractivity contribution in [2.24, 2.45) is 0 Å². The number of hydrogen-bond acceptors (Lipinski definition) is 6. The van der Waals surface area contributed by atoms with Gasteiger partial charge in [0.1, 0.15) is 0 Å². The van der Waals surface area contributed by atoms with Crippen LogP contribution in [0, 0.1) is 0 Å². The maximum absolute atomic E-state index is 13.1. The minimum absolute atomic E-state index is 0.0870. The van der Waals surface area contributed by atoms with Crippen LogP contribution < -0.4 is 10.5 Å². The highest BCUT2D eigenvalue weighted by Crippen LogP contribution is 2.31. The number of aromatic nitrogens is 2. The number of nitrogens with one attached hydrogen (secondary N) is 1. The third kappa shape index (κ3) is 4.79. The molecule has 0 aliphatic heterocycles. The van der Waals surface area contributed by atoms with Gasteiger partial charge in [-0.2, -0.15) is 13.2 Å². The summed E-state index contributed by atoms with van der Waals surface area (Å²) in [5.41, 5.74) is 4.33. The topological polar surface area (TPSA) is 118 Å². The van der Waals surface area contributed by atoms with Gasteiger partial charge in [0.05, 0.1) is 4.90 Å². The smallest absolute Gasteiger partial charge is 0.399 e. The number of nitrogens with zero attached hydrogens (tertiary/aromatic N) is 2. The number of nitrogens with two attached hydrogens (primary N) is 1. The van der Waals surface area contributed by atoms with Crippen LogP contribution in [-0.2, 0) is 22.6 Å². The van der Waals surface area contributed by atoms with Crippen molar-refractivity contribution in [3.8, 4) is 0 Å². The molecule has 0 atom stereocenters. The highest BCUT2D eigenvalue weighted by molar-refractivity contribution is 7.92. The van der Waals surface area contributed by atoms with Crippen LogP contribution in [0.1, 0.15) is 17.7 Å². The molecule has 4 N–H and O–H groups in total. The van der Waals surface area contributed by atoms with Crippen LogP contribution in [0.25, 0.3) is 0 Å². The lowest BCUT2D eigenvalue weighted by Crippen LogP contribution is -2.19. The molecule has 0 bridgehead atoms. The molecule has 1 aromatic heterocycles. The van der Waals surface area contributed by atoms with Crippen molar-refractivity contribution in [1.82, 2.24) is 9.97 Å². The summed E-state index contributed by atoms with van der Waals surface area (Å²) in [5.74, 6) is -0.697. The number of alkyl halides is 3. The molecule has 1 aromatic carbocycles. The number of hydrogen-bond donors (Lipinski definition) is 3. The molecule has 0 aliphatic carbocycles. The maximum atomic E-state index is 13.1. The first-order valence-electron chi connectivity index (χ1n) is 7.06. The Balaban J connectivity index is 2.35. The SMILES string of the molecule is Nc1ccc(S(=O)(=O)Nc2ncc(CCCO)c(C(F)(F)F)n2)cc1. The quantitative estimate of drug-likeness (QED) is 0.662. The maximum Gasteiger partial charge on any atom is 0.433 e. The summed E-state index contributed by atoms with van der Waals surface area (Å²) in [7, 11) is -4.16. The summed E-state index contributed by atoms with van der Waals surface area (Å²) in [6.45, 7) is -0.289. The third-order valence-corrected chi connectivity index (χ3v) is 4.50. The molecule has 2 rings (SSSR count). The number of anilines is 2. The standard InChI is InChI=1S/C14H15F3N4O3S/c15-14(16,17)12-9(2-1-7-22)8-19-13(20-12)21-25(23,24)11-5-3-10(18)4-6-11/h3-6,8,22H,1-2,7,18H2,(H,19,20,21). The zero-order chi connectivity index (χ0) is 18.7. The van der Waals surface area contributed by atoms with Gasteiger partial charge in [-0.25, -0.2) is 23.1 Å². The first kappa shape index (κ1) is 18.9. The van der Waals surface area contributed by atoms with Gasteiger partial charge in [-0.15, -0.1) is 0 Å². The average Bonchev–Trinajstić information content (AvgIpc) is 2.53. The monoisotopic (exact) mass is 376 g/mol. The molecule has 2 aromatic rings. The summed E-state index contributed by atoms with van der Waals surface area (Å²) in [4.78, 5) is 6.73. The van der Waals surface area contributed by atoms with Crippen molar-refractivity contribution >= 4 is 21.7 Å². The third-order valence-electron chi connectivity index (χ3n) is 3.15. The van der Waals surface area contributed by atoms with Gasteiger partial charge in [0.2, 0.25) is 5.95 Å². The second kappa shape index (κ2) is 7.23. The molecule has 1 heterocycles. The number of halogens is 3. The summed E-state index contributed by atoms with van der Waals surface area (Å²) in [5, 5.41) is 8.75. The van der Waals surface area contributed by atoms with Crippen LogP contribution in [0.15, 0.2) is 35.4 Å². The molecule has 25 heavy (non-hydrogen) atoms. The van der Waals surface area contributed by atoms with Crippen molar-refractivity contribution in [2.45, 2.75) is 23.9 Å². The second-order valence-corrected chi connectivity index (χ2v) is 6.75. The van der Waals surface area contributed by atoms with E-state index in [0.29, 0.717) is 5.69 Å². The molecule has 0 saturated heterocycles. The van der Waals surface area contributed by atoms with E-state index in [2.05, 4.69) is 9.97 Å². The fourth-order valence-electron chi connectivity index (χ4n) is 1.98. The zero-order valence-corrected chi connectivity index (χ0v) is 13.6. The summed E-state index contributed by atoms with van der Waals surface area (Å²) >= 11 is 0. The highest BCUT2D eigenvalue weighted by Gasteiger charge is 2.36. The van der Waals surface area contributed by atoms with Gasteiger partial charge < -0.3 is 10.8 Å². The minimum Gasteiger partial charge on any atom is -0.399 e. The van der Waals surface area contributed by atoms with Crippen molar-refractivity contribution in [1.29, 1.82) is 0 Å².